The van der Waals surface area contributed by atoms with Gasteiger partial charge in [-0.3, -0.25) is 4.79 Å². The smallest absolute Gasteiger partial charge is 0.165 e. The Balaban J connectivity index is 1.82. The molecule has 4 rings (SSSR count). The van der Waals surface area contributed by atoms with Crippen molar-refractivity contribution in [3.63, 3.8) is 0 Å². The summed E-state index contributed by atoms with van der Waals surface area (Å²) in [6.45, 7) is 0. The van der Waals surface area contributed by atoms with Crippen LogP contribution in [-0.2, 0) is 10.2 Å². The maximum atomic E-state index is 12.3. The zero-order valence-corrected chi connectivity index (χ0v) is 11.1. The highest BCUT2D eigenvalue weighted by molar-refractivity contribution is 5.96. The van der Waals surface area contributed by atoms with Gasteiger partial charge in [0, 0.05) is 17.3 Å². The quantitative estimate of drug-likeness (QED) is 0.905. The van der Waals surface area contributed by atoms with Crippen LogP contribution in [0.4, 0.5) is 0 Å². The number of Topliss-reactive ketones (excluding diaryl/α,β-unsaturated/α-hetero) is 1. The minimum absolute atomic E-state index is 0.0164. The van der Waals surface area contributed by atoms with Gasteiger partial charge in [-0.1, -0.05) is 60.7 Å². The van der Waals surface area contributed by atoms with E-state index in [0.717, 1.165) is 0 Å². The standard InChI is InChI=1S/C18H16O2/c19-14-11-18(13-9-5-2-6-10-13)15(16(18)17(14)20)12-7-3-1-4-8-12/h1-10,14-16,19H,11H2/t14-,15-,16-,18+/m1/s1. The molecule has 0 aromatic heterocycles. The fourth-order valence-corrected chi connectivity index (χ4v) is 4.12. The lowest BCUT2D eigenvalue weighted by molar-refractivity contribution is -0.126. The summed E-state index contributed by atoms with van der Waals surface area (Å²) in [6.07, 6.45) is -0.236. The molecule has 0 unspecified atom stereocenters. The highest BCUT2D eigenvalue weighted by Gasteiger charge is 2.74. The number of rotatable bonds is 2. The normalized spacial score (nSPS) is 34.9. The first-order chi connectivity index (χ1) is 9.75. The Morgan fingerprint density at radius 3 is 2.15 bits per heavy atom. The van der Waals surface area contributed by atoms with E-state index in [-0.39, 0.29) is 23.0 Å². The van der Waals surface area contributed by atoms with Crippen LogP contribution in [0.25, 0.3) is 0 Å². The minimum atomic E-state index is -0.792. The van der Waals surface area contributed by atoms with E-state index in [1.807, 2.05) is 36.4 Å². The van der Waals surface area contributed by atoms with E-state index in [2.05, 4.69) is 24.3 Å². The van der Waals surface area contributed by atoms with E-state index in [1.165, 1.54) is 11.1 Å². The van der Waals surface area contributed by atoms with E-state index in [4.69, 9.17) is 0 Å². The van der Waals surface area contributed by atoms with Crippen LogP contribution in [0.15, 0.2) is 60.7 Å². The summed E-state index contributed by atoms with van der Waals surface area (Å²) in [5.41, 5.74) is 2.21. The molecule has 2 aliphatic carbocycles. The molecular weight excluding hydrogens is 248 g/mol. The van der Waals surface area contributed by atoms with Gasteiger partial charge in [-0.05, 0) is 17.5 Å². The van der Waals surface area contributed by atoms with Gasteiger partial charge in [-0.15, -0.1) is 0 Å². The fraction of sp³-hybridized carbons (Fsp3) is 0.278. The molecule has 2 nitrogen and oxygen atoms in total. The molecule has 0 radical (unpaired) electrons. The van der Waals surface area contributed by atoms with Crippen LogP contribution >= 0.6 is 0 Å². The largest absolute Gasteiger partial charge is 0.385 e. The van der Waals surface area contributed by atoms with Crippen molar-refractivity contribution in [2.45, 2.75) is 23.9 Å². The highest BCUT2D eigenvalue weighted by atomic mass is 16.3. The molecule has 0 saturated heterocycles. The molecule has 20 heavy (non-hydrogen) atoms. The third kappa shape index (κ3) is 1.40. The molecule has 0 amide bonds. The van der Waals surface area contributed by atoms with Crippen molar-refractivity contribution in [3.8, 4) is 0 Å². The van der Waals surface area contributed by atoms with E-state index in [1.54, 1.807) is 0 Å². The Morgan fingerprint density at radius 2 is 1.50 bits per heavy atom. The first kappa shape index (κ1) is 11.9. The maximum Gasteiger partial charge on any atom is 0.165 e. The number of aliphatic hydroxyl groups is 1. The third-order valence-electron chi connectivity index (χ3n) is 4.97. The van der Waals surface area contributed by atoms with Gasteiger partial charge >= 0.3 is 0 Å². The van der Waals surface area contributed by atoms with E-state index in [9.17, 15) is 9.90 Å². The van der Waals surface area contributed by atoms with E-state index >= 15 is 0 Å². The van der Waals surface area contributed by atoms with Crippen LogP contribution in [0, 0.1) is 5.92 Å². The predicted molar refractivity (Wildman–Crippen MR) is 76.4 cm³/mol. The van der Waals surface area contributed by atoms with Crippen molar-refractivity contribution >= 4 is 5.78 Å². The molecule has 4 atom stereocenters. The van der Waals surface area contributed by atoms with Gasteiger partial charge in [0.1, 0.15) is 6.10 Å². The zero-order valence-electron chi connectivity index (χ0n) is 11.1. The summed E-state index contributed by atoms with van der Waals surface area (Å²) in [4.78, 5) is 12.3. The van der Waals surface area contributed by atoms with Crippen LogP contribution in [0.2, 0.25) is 0 Å². The van der Waals surface area contributed by atoms with E-state index < -0.39 is 6.10 Å². The number of aliphatic hydroxyl groups excluding tert-OH is 1. The van der Waals surface area contributed by atoms with Crippen molar-refractivity contribution in [1.82, 2.24) is 0 Å². The number of ketones is 1. The lowest BCUT2D eigenvalue weighted by atomic mass is 9.87. The molecule has 2 fully saturated rings. The SMILES string of the molecule is O=C1[C@H](O)C[C@]2(c3ccccc3)[C@H](c3ccccc3)[C@H]12. The molecule has 2 aliphatic rings. The summed E-state index contributed by atoms with van der Waals surface area (Å²) in [5.74, 6) is 0.187. The van der Waals surface area contributed by atoms with Crippen LogP contribution in [0.5, 0.6) is 0 Å². The van der Waals surface area contributed by atoms with Crippen molar-refractivity contribution < 1.29 is 9.90 Å². The van der Waals surface area contributed by atoms with Gasteiger partial charge in [0.25, 0.3) is 0 Å². The molecular formula is C18H16O2. The molecule has 2 aromatic rings. The zero-order chi connectivity index (χ0) is 13.7. The Hall–Kier alpha value is -1.93. The van der Waals surface area contributed by atoms with Crippen molar-refractivity contribution in [2.24, 2.45) is 5.92 Å². The maximum absolute atomic E-state index is 12.3. The van der Waals surface area contributed by atoms with Gasteiger partial charge in [0.05, 0.1) is 0 Å². The average molecular weight is 264 g/mol. The summed E-state index contributed by atoms with van der Waals surface area (Å²) < 4.78 is 0. The number of carbonyl (C=O) groups excluding carboxylic acids is 1. The van der Waals surface area contributed by atoms with Gasteiger partial charge in [-0.25, -0.2) is 0 Å². The first-order valence-electron chi connectivity index (χ1n) is 7.07. The number of hydrogen-bond acceptors (Lipinski definition) is 2. The summed E-state index contributed by atoms with van der Waals surface area (Å²) in [7, 11) is 0. The molecule has 0 aliphatic heterocycles. The molecule has 0 spiro atoms. The van der Waals surface area contributed by atoms with Crippen molar-refractivity contribution in [1.29, 1.82) is 0 Å². The van der Waals surface area contributed by atoms with Crippen LogP contribution < -0.4 is 0 Å². The van der Waals surface area contributed by atoms with Gasteiger partial charge < -0.3 is 5.11 Å². The second-order valence-electron chi connectivity index (χ2n) is 5.89. The lowest BCUT2D eigenvalue weighted by Crippen LogP contribution is -2.20. The highest BCUT2D eigenvalue weighted by Crippen LogP contribution is 2.71. The van der Waals surface area contributed by atoms with E-state index in [0.29, 0.717) is 6.42 Å². The molecule has 2 aromatic carbocycles. The third-order valence-corrected chi connectivity index (χ3v) is 4.97. The van der Waals surface area contributed by atoms with Crippen molar-refractivity contribution in [2.75, 3.05) is 0 Å². The average Bonchev–Trinajstić information content (AvgIpc) is 3.10. The Kier molecular flexibility index (Phi) is 2.39. The van der Waals surface area contributed by atoms with Crippen LogP contribution in [-0.4, -0.2) is 17.0 Å². The monoisotopic (exact) mass is 264 g/mol. The Labute approximate surface area is 118 Å². The molecule has 1 N–H and O–H groups in total. The molecule has 100 valence electrons. The second kappa shape index (κ2) is 4.03. The molecule has 2 saturated carbocycles. The van der Waals surface area contributed by atoms with Gasteiger partial charge in [-0.2, -0.15) is 0 Å². The van der Waals surface area contributed by atoms with Crippen molar-refractivity contribution in [3.05, 3.63) is 71.8 Å². The molecule has 2 heteroatoms. The van der Waals surface area contributed by atoms with Crippen LogP contribution in [0.3, 0.4) is 0 Å². The topological polar surface area (TPSA) is 37.3 Å². The summed E-state index contributed by atoms with van der Waals surface area (Å²) >= 11 is 0. The Morgan fingerprint density at radius 1 is 0.900 bits per heavy atom. The number of hydrogen-bond donors (Lipinski definition) is 1. The number of carbonyl (C=O) groups is 1. The number of fused-ring (bicyclic) bond motifs is 1. The van der Waals surface area contributed by atoms with Gasteiger partial charge in [0.15, 0.2) is 5.78 Å². The molecule has 0 heterocycles. The summed E-state index contributed by atoms with van der Waals surface area (Å²) in [5, 5.41) is 9.94. The van der Waals surface area contributed by atoms with Gasteiger partial charge in [0.2, 0.25) is 0 Å². The second-order valence-corrected chi connectivity index (χ2v) is 5.89. The number of benzene rings is 2. The fourth-order valence-electron chi connectivity index (χ4n) is 4.12. The first-order valence-corrected chi connectivity index (χ1v) is 7.07. The minimum Gasteiger partial charge on any atom is -0.385 e. The summed E-state index contributed by atoms with van der Waals surface area (Å²) in [6, 6.07) is 20.4. The predicted octanol–water partition coefficient (Wildman–Crippen LogP) is 2.67. The van der Waals surface area contributed by atoms with Crippen LogP contribution in [0.1, 0.15) is 23.5 Å². The molecule has 0 bridgehead atoms. The Bertz CT molecular complexity index is 650. The lowest BCUT2D eigenvalue weighted by Gasteiger charge is -2.17.